The number of nitrogens with zero attached hydrogens (tertiary/aromatic N) is 1. The van der Waals surface area contributed by atoms with Gasteiger partial charge in [0, 0.05) is 16.8 Å². The lowest BCUT2D eigenvalue weighted by atomic mass is 9.67. The molecular weight excluding hydrogens is 555 g/mol. The summed E-state index contributed by atoms with van der Waals surface area (Å²) < 4.78 is 0. The molecule has 1 aliphatic rings. The summed E-state index contributed by atoms with van der Waals surface area (Å²) in [4.78, 5) is 2.39. The summed E-state index contributed by atoms with van der Waals surface area (Å²) in [5.41, 5.74) is 10.8. The first kappa shape index (κ1) is 26.5. The molecule has 0 spiro atoms. The molecular formula is C45H31N. The van der Waals surface area contributed by atoms with Crippen molar-refractivity contribution in [3.05, 3.63) is 210 Å². The molecule has 0 fully saturated rings. The van der Waals surface area contributed by atoms with Crippen molar-refractivity contribution in [3.63, 3.8) is 0 Å². The summed E-state index contributed by atoms with van der Waals surface area (Å²) in [6.45, 7) is 0. The van der Waals surface area contributed by atoms with Crippen LogP contribution in [-0.2, 0) is 5.41 Å². The Morgan fingerprint density at radius 2 is 0.913 bits per heavy atom. The van der Waals surface area contributed by atoms with E-state index >= 15 is 0 Å². The molecule has 0 aromatic heterocycles. The van der Waals surface area contributed by atoms with Crippen molar-refractivity contribution in [2.45, 2.75) is 5.41 Å². The zero-order valence-corrected chi connectivity index (χ0v) is 25.3. The van der Waals surface area contributed by atoms with E-state index in [1.807, 2.05) is 0 Å². The van der Waals surface area contributed by atoms with Crippen molar-refractivity contribution in [1.29, 1.82) is 0 Å². The highest BCUT2D eigenvalue weighted by Crippen LogP contribution is 2.57. The van der Waals surface area contributed by atoms with Crippen molar-refractivity contribution >= 4 is 38.6 Å². The Bertz CT molecular complexity index is 2260. The van der Waals surface area contributed by atoms with Gasteiger partial charge in [-0.2, -0.15) is 0 Å². The van der Waals surface area contributed by atoms with Gasteiger partial charge in [0.25, 0.3) is 0 Å². The molecule has 1 heteroatoms. The quantitative estimate of drug-likeness (QED) is 0.182. The second-order valence-electron chi connectivity index (χ2n) is 12.1. The maximum absolute atomic E-state index is 2.50. The van der Waals surface area contributed by atoms with Crippen LogP contribution in [0.2, 0.25) is 0 Å². The average Bonchev–Trinajstić information content (AvgIpc) is 3.42. The van der Waals surface area contributed by atoms with Gasteiger partial charge in [-0.3, -0.25) is 0 Å². The van der Waals surface area contributed by atoms with E-state index in [-0.39, 0.29) is 0 Å². The van der Waals surface area contributed by atoms with E-state index in [0.717, 1.165) is 11.4 Å². The lowest BCUT2D eigenvalue weighted by Gasteiger charge is -2.34. The minimum absolute atomic E-state index is 0.446. The minimum atomic E-state index is -0.446. The highest BCUT2D eigenvalue weighted by atomic mass is 15.1. The van der Waals surface area contributed by atoms with E-state index in [0.29, 0.717) is 0 Å². The van der Waals surface area contributed by atoms with Gasteiger partial charge in [0.1, 0.15) is 0 Å². The Morgan fingerprint density at radius 1 is 0.370 bits per heavy atom. The largest absolute Gasteiger partial charge is 0.310 e. The Balaban J connectivity index is 1.42. The first-order chi connectivity index (χ1) is 22.8. The van der Waals surface area contributed by atoms with Gasteiger partial charge in [0.2, 0.25) is 0 Å². The normalized spacial score (nSPS) is 13.0. The summed E-state index contributed by atoms with van der Waals surface area (Å²) in [5, 5.41) is 4.98. The van der Waals surface area contributed by atoms with Gasteiger partial charge in [-0.25, -0.2) is 0 Å². The lowest BCUT2D eigenvalue weighted by molar-refractivity contribution is 0.769. The highest BCUT2D eigenvalue weighted by Gasteiger charge is 2.46. The van der Waals surface area contributed by atoms with E-state index in [1.165, 1.54) is 60.6 Å². The number of fused-ring (bicyclic) bond motifs is 6. The second-order valence-corrected chi connectivity index (χ2v) is 12.1. The van der Waals surface area contributed by atoms with Gasteiger partial charge in [-0.15, -0.1) is 0 Å². The van der Waals surface area contributed by atoms with Crippen LogP contribution in [0.15, 0.2) is 188 Å². The summed E-state index contributed by atoms with van der Waals surface area (Å²) >= 11 is 0. The van der Waals surface area contributed by atoms with Gasteiger partial charge in [-0.05, 0) is 92.0 Å². The maximum atomic E-state index is 2.50. The zero-order valence-electron chi connectivity index (χ0n) is 25.3. The third-order valence-corrected chi connectivity index (χ3v) is 9.68. The molecule has 0 amide bonds. The number of rotatable bonds is 5. The molecule has 0 unspecified atom stereocenters. The van der Waals surface area contributed by atoms with Crippen LogP contribution in [0.3, 0.4) is 0 Å². The minimum Gasteiger partial charge on any atom is -0.310 e. The first-order valence-electron chi connectivity index (χ1n) is 16.0. The Morgan fingerprint density at radius 3 is 1.54 bits per heavy atom. The Labute approximate surface area is 269 Å². The van der Waals surface area contributed by atoms with Gasteiger partial charge < -0.3 is 4.90 Å². The Kier molecular flexibility index (Phi) is 6.11. The average molecular weight is 586 g/mol. The molecule has 8 aromatic carbocycles. The van der Waals surface area contributed by atoms with E-state index in [1.54, 1.807) is 0 Å². The first-order valence-corrected chi connectivity index (χ1v) is 16.0. The molecule has 0 radical (unpaired) electrons. The maximum Gasteiger partial charge on any atom is 0.0713 e. The fraction of sp³-hybridized carbons (Fsp3) is 0.0222. The van der Waals surface area contributed by atoms with Gasteiger partial charge >= 0.3 is 0 Å². The molecule has 0 heterocycles. The van der Waals surface area contributed by atoms with Crippen LogP contribution in [0, 0.1) is 0 Å². The number of para-hydroxylation sites is 2. The lowest BCUT2D eigenvalue weighted by Crippen LogP contribution is -2.28. The van der Waals surface area contributed by atoms with Crippen LogP contribution in [0.1, 0.15) is 22.3 Å². The molecule has 9 rings (SSSR count). The van der Waals surface area contributed by atoms with Crippen molar-refractivity contribution in [2.24, 2.45) is 0 Å². The fourth-order valence-corrected chi connectivity index (χ4v) is 7.80. The Hall–Kier alpha value is -5.92. The smallest absolute Gasteiger partial charge is 0.0713 e. The van der Waals surface area contributed by atoms with Crippen LogP contribution in [0.4, 0.5) is 17.1 Å². The van der Waals surface area contributed by atoms with E-state index in [9.17, 15) is 0 Å². The van der Waals surface area contributed by atoms with Crippen molar-refractivity contribution in [2.75, 3.05) is 4.90 Å². The van der Waals surface area contributed by atoms with Crippen LogP contribution in [0.5, 0.6) is 0 Å². The molecule has 0 bridgehead atoms. The number of hydrogen-bond acceptors (Lipinski definition) is 1. The van der Waals surface area contributed by atoms with E-state index in [4.69, 9.17) is 0 Å². The van der Waals surface area contributed by atoms with Crippen LogP contribution >= 0.6 is 0 Å². The summed E-state index contributed by atoms with van der Waals surface area (Å²) in [7, 11) is 0. The summed E-state index contributed by atoms with van der Waals surface area (Å²) in [5.74, 6) is 0. The second kappa shape index (κ2) is 10.6. The predicted octanol–water partition coefficient (Wildman–Crippen LogP) is 11.8. The molecule has 0 N–H and O–H groups in total. The molecule has 0 saturated carbocycles. The molecule has 1 nitrogen and oxygen atoms in total. The topological polar surface area (TPSA) is 3.24 Å². The third-order valence-electron chi connectivity index (χ3n) is 9.68. The molecule has 46 heavy (non-hydrogen) atoms. The number of anilines is 3. The molecule has 0 aliphatic heterocycles. The van der Waals surface area contributed by atoms with Gasteiger partial charge in [0.15, 0.2) is 0 Å². The van der Waals surface area contributed by atoms with Gasteiger partial charge in [0.05, 0.1) is 11.1 Å². The third kappa shape index (κ3) is 3.89. The van der Waals surface area contributed by atoms with Crippen LogP contribution in [-0.4, -0.2) is 0 Å². The predicted molar refractivity (Wildman–Crippen MR) is 193 cm³/mol. The van der Waals surface area contributed by atoms with Crippen molar-refractivity contribution in [1.82, 2.24) is 0 Å². The number of hydrogen-bond donors (Lipinski definition) is 0. The zero-order chi connectivity index (χ0) is 30.5. The standard InChI is InChI=1S/C45H31N/c1-5-17-34(18-6-1)45(35-19-7-2-8-20-35)41-26-14-13-25-38(41)40-30-33-29-28-32-16-15-27-43(44(32)39(33)31-42(40)45)46(36-21-9-3-10-22-36)37-23-11-4-12-24-37/h1-31H. The van der Waals surface area contributed by atoms with Crippen molar-refractivity contribution in [3.8, 4) is 11.1 Å². The summed E-state index contributed by atoms with van der Waals surface area (Å²) in [6, 6.07) is 68.7. The van der Waals surface area contributed by atoms with E-state index < -0.39 is 5.41 Å². The van der Waals surface area contributed by atoms with E-state index in [2.05, 4.69) is 193 Å². The molecule has 0 atom stereocenters. The molecule has 0 saturated heterocycles. The molecule has 216 valence electrons. The molecule has 8 aromatic rings. The fourth-order valence-electron chi connectivity index (χ4n) is 7.80. The van der Waals surface area contributed by atoms with Gasteiger partial charge in [-0.1, -0.05) is 146 Å². The summed E-state index contributed by atoms with van der Waals surface area (Å²) in [6.07, 6.45) is 0. The SMILES string of the molecule is c1ccc(N(c2ccccc2)c2cccc3ccc4cc5c(cc4c23)C(c2ccccc2)(c2ccccc2)c2ccccc2-5)cc1. The monoisotopic (exact) mass is 585 g/mol. The van der Waals surface area contributed by atoms with Crippen LogP contribution < -0.4 is 4.90 Å². The highest BCUT2D eigenvalue weighted by molar-refractivity contribution is 6.16. The van der Waals surface area contributed by atoms with Crippen molar-refractivity contribution < 1.29 is 0 Å². The molecule has 1 aliphatic carbocycles. The number of benzene rings is 8. The van der Waals surface area contributed by atoms with Crippen LogP contribution in [0.25, 0.3) is 32.7 Å².